The SMILES string of the molecule is CCOC(=O)C1CNCCN1C(=O)c1cc(C)c(Br)s1. The number of amides is 1. The minimum Gasteiger partial charge on any atom is -0.464 e. The molecular weight excluding hydrogens is 344 g/mol. The van der Waals surface area contributed by atoms with Gasteiger partial charge in [-0.3, -0.25) is 4.79 Å². The van der Waals surface area contributed by atoms with Gasteiger partial charge in [0.15, 0.2) is 0 Å². The van der Waals surface area contributed by atoms with Gasteiger partial charge in [-0.2, -0.15) is 0 Å². The van der Waals surface area contributed by atoms with Crippen LogP contribution in [0.25, 0.3) is 0 Å². The van der Waals surface area contributed by atoms with Crippen LogP contribution in [0.3, 0.4) is 0 Å². The van der Waals surface area contributed by atoms with Gasteiger partial charge in [0.2, 0.25) is 0 Å². The van der Waals surface area contributed by atoms with Crippen molar-refractivity contribution in [2.45, 2.75) is 19.9 Å². The highest BCUT2D eigenvalue weighted by Gasteiger charge is 2.34. The maximum absolute atomic E-state index is 12.6. The lowest BCUT2D eigenvalue weighted by molar-refractivity contribution is -0.149. The van der Waals surface area contributed by atoms with Gasteiger partial charge in [0, 0.05) is 19.6 Å². The number of ether oxygens (including phenoxy) is 1. The first-order chi connectivity index (χ1) is 9.54. The standard InChI is InChI=1S/C13H17BrN2O3S/c1-3-19-13(18)9-7-15-4-5-16(9)12(17)10-6-8(2)11(14)20-10/h6,9,15H,3-5,7H2,1-2H3. The number of hydrogen-bond donors (Lipinski definition) is 1. The van der Waals surface area contributed by atoms with Gasteiger partial charge >= 0.3 is 5.97 Å². The minimum atomic E-state index is -0.544. The molecular formula is C13H17BrN2O3S. The van der Waals surface area contributed by atoms with E-state index in [0.717, 1.165) is 9.35 Å². The van der Waals surface area contributed by atoms with E-state index < -0.39 is 6.04 Å². The fraction of sp³-hybridized carbons (Fsp3) is 0.538. The minimum absolute atomic E-state index is 0.108. The Hall–Kier alpha value is -0.920. The second-order valence-corrected chi connectivity index (χ2v) is 6.91. The Bertz CT molecular complexity index is 498. The number of hydrogen-bond acceptors (Lipinski definition) is 5. The Morgan fingerprint density at radius 3 is 2.95 bits per heavy atom. The normalized spacial score (nSPS) is 18.9. The Labute approximate surface area is 130 Å². The number of thiophene rings is 1. The highest BCUT2D eigenvalue weighted by Crippen LogP contribution is 2.28. The molecule has 1 saturated heterocycles. The molecule has 1 atom stereocenters. The van der Waals surface area contributed by atoms with Crippen molar-refractivity contribution in [2.75, 3.05) is 26.2 Å². The fourth-order valence-corrected chi connectivity index (χ4v) is 3.59. The summed E-state index contributed by atoms with van der Waals surface area (Å²) in [7, 11) is 0. The lowest BCUT2D eigenvalue weighted by Crippen LogP contribution is -2.57. The van der Waals surface area contributed by atoms with Crippen LogP contribution >= 0.6 is 27.3 Å². The van der Waals surface area contributed by atoms with E-state index in [4.69, 9.17) is 4.74 Å². The summed E-state index contributed by atoms with van der Waals surface area (Å²) in [4.78, 5) is 26.8. The zero-order chi connectivity index (χ0) is 14.7. The van der Waals surface area contributed by atoms with E-state index >= 15 is 0 Å². The highest BCUT2D eigenvalue weighted by atomic mass is 79.9. The van der Waals surface area contributed by atoms with E-state index in [1.807, 2.05) is 13.0 Å². The molecule has 7 heteroatoms. The van der Waals surface area contributed by atoms with Crippen LogP contribution in [-0.4, -0.2) is 49.1 Å². The number of halogens is 1. The van der Waals surface area contributed by atoms with Crippen LogP contribution in [0.1, 0.15) is 22.2 Å². The molecule has 0 radical (unpaired) electrons. The van der Waals surface area contributed by atoms with Crippen molar-refractivity contribution in [3.63, 3.8) is 0 Å². The summed E-state index contributed by atoms with van der Waals surface area (Å²) in [6.45, 7) is 5.67. The molecule has 1 aliphatic heterocycles. The molecule has 0 aliphatic carbocycles. The zero-order valence-electron chi connectivity index (χ0n) is 11.4. The number of carbonyl (C=O) groups excluding carboxylic acids is 2. The van der Waals surface area contributed by atoms with E-state index in [-0.39, 0.29) is 11.9 Å². The number of aryl methyl sites for hydroxylation is 1. The highest BCUT2D eigenvalue weighted by molar-refractivity contribution is 9.11. The largest absolute Gasteiger partial charge is 0.464 e. The van der Waals surface area contributed by atoms with E-state index in [1.165, 1.54) is 11.3 Å². The number of nitrogens with one attached hydrogen (secondary N) is 1. The molecule has 0 bridgehead atoms. The maximum atomic E-state index is 12.6. The molecule has 1 amide bonds. The van der Waals surface area contributed by atoms with Crippen LogP contribution in [0, 0.1) is 6.92 Å². The van der Waals surface area contributed by atoms with Gasteiger partial charge in [-0.1, -0.05) is 0 Å². The van der Waals surface area contributed by atoms with Crippen LogP contribution in [0.15, 0.2) is 9.85 Å². The van der Waals surface area contributed by atoms with Crippen molar-refractivity contribution in [3.8, 4) is 0 Å². The number of nitrogens with zero attached hydrogens (tertiary/aromatic N) is 1. The number of rotatable bonds is 3. The molecule has 1 fully saturated rings. The average molecular weight is 361 g/mol. The third-order valence-electron chi connectivity index (χ3n) is 3.13. The molecule has 0 aromatic carbocycles. The van der Waals surface area contributed by atoms with Crippen molar-refractivity contribution in [2.24, 2.45) is 0 Å². The molecule has 0 saturated carbocycles. The molecule has 2 rings (SSSR count). The predicted molar refractivity (Wildman–Crippen MR) is 81.1 cm³/mol. The van der Waals surface area contributed by atoms with Crippen molar-refractivity contribution in [1.29, 1.82) is 0 Å². The Morgan fingerprint density at radius 2 is 2.35 bits per heavy atom. The smallest absolute Gasteiger partial charge is 0.330 e. The topological polar surface area (TPSA) is 58.6 Å². The summed E-state index contributed by atoms with van der Waals surface area (Å²) in [6, 6.07) is 1.30. The van der Waals surface area contributed by atoms with Gasteiger partial charge in [-0.15, -0.1) is 11.3 Å². The van der Waals surface area contributed by atoms with Crippen molar-refractivity contribution < 1.29 is 14.3 Å². The molecule has 5 nitrogen and oxygen atoms in total. The van der Waals surface area contributed by atoms with Crippen LogP contribution in [0.5, 0.6) is 0 Å². The van der Waals surface area contributed by atoms with Gasteiger partial charge in [0.05, 0.1) is 15.3 Å². The molecule has 2 heterocycles. The molecule has 1 aromatic heterocycles. The number of piperazine rings is 1. The summed E-state index contributed by atoms with van der Waals surface area (Å²) in [5.41, 5.74) is 1.03. The maximum Gasteiger partial charge on any atom is 0.330 e. The lowest BCUT2D eigenvalue weighted by Gasteiger charge is -2.34. The second kappa shape index (κ2) is 6.69. The summed E-state index contributed by atoms with van der Waals surface area (Å²) in [5.74, 6) is -0.455. The van der Waals surface area contributed by atoms with Gasteiger partial charge in [-0.05, 0) is 41.4 Å². The van der Waals surface area contributed by atoms with Gasteiger partial charge in [0.25, 0.3) is 5.91 Å². The van der Waals surface area contributed by atoms with Crippen molar-refractivity contribution in [3.05, 3.63) is 20.3 Å². The quantitative estimate of drug-likeness (QED) is 0.835. The fourth-order valence-electron chi connectivity index (χ4n) is 2.10. The zero-order valence-corrected chi connectivity index (χ0v) is 13.8. The third kappa shape index (κ3) is 3.21. The Balaban J connectivity index is 2.19. The summed E-state index contributed by atoms with van der Waals surface area (Å²) < 4.78 is 6.00. The Kier molecular flexibility index (Phi) is 5.17. The first-order valence-electron chi connectivity index (χ1n) is 6.48. The summed E-state index contributed by atoms with van der Waals surface area (Å²) in [6.07, 6.45) is 0. The molecule has 1 aromatic rings. The average Bonchev–Trinajstić information content (AvgIpc) is 2.78. The van der Waals surface area contributed by atoms with Gasteiger partial charge in [-0.25, -0.2) is 4.79 Å². The van der Waals surface area contributed by atoms with Crippen LogP contribution in [0.4, 0.5) is 0 Å². The van der Waals surface area contributed by atoms with Crippen LogP contribution < -0.4 is 5.32 Å². The Morgan fingerprint density at radius 1 is 1.60 bits per heavy atom. The monoisotopic (exact) mass is 360 g/mol. The van der Waals surface area contributed by atoms with E-state index in [9.17, 15) is 9.59 Å². The molecule has 1 aliphatic rings. The third-order valence-corrected chi connectivity index (χ3v) is 5.26. The van der Waals surface area contributed by atoms with Gasteiger partial charge < -0.3 is 15.0 Å². The molecule has 1 unspecified atom stereocenters. The first kappa shape index (κ1) is 15.5. The summed E-state index contributed by atoms with van der Waals surface area (Å²) >= 11 is 4.82. The first-order valence-corrected chi connectivity index (χ1v) is 8.09. The second-order valence-electron chi connectivity index (χ2n) is 4.54. The molecule has 20 heavy (non-hydrogen) atoms. The number of carbonyl (C=O) groups is 2. The van der Waals surface area contributed by atoms with E-state index in [0.29, 0.717) is 31.1 Å². The van der Waals surface area contributed by atoms with E-state index in [2.05, 4.69) is 21.2 Å². The van der Waals surface area contributed by atoms with Crippen molar-refractivity contribution >= 4 is 39.1 Å². The molecule has 110 valence electrons. The van der Waals surface area contributed by atoms with Crippen LogP contribution in [0.2, 0.25) is 0 Å². The molecule has 0 spiro atoms. The predicted octanol–water partition coefficient (Wildman–Crippen LogP) is 1.80. The van der Waals surface area contributed by atoms with Crippen LogP contribution in [-0.2, 0) is 9.53 Å². The van der Waals surface area contributed by atoms with Gasteiger partial charge in [0.1, 0.15) is 6.04 Å². The van der Waals surface area contributed by atoms with E-state index in [1.54, 1.807) is 11.8 Å². The molecule has 1 N–H and O–H groups in total. The number of esters is 1. The van der Waals surface area contributed by atoms with Crippen molar-refractivity contribution in [1.82, 2.24) is 10.2 Å². The lowest BCUT2D eigenvalue weighted by atomic mass is 10.2. The summed E-state index contributed by atoms with van der Waals surface area (Å²) in [5, 5.41) is 3.13.